The zero-order chi connectivity index (χ0) is 24.5. The van der Waals surface area contributed by atoms with Crippen LogP contribution >= 0.6 is 0 Å². The van der Waals surface area contributed by atoms with Crippen molar-refractivity contribution in [1.82, 2.24) is 9.97 Å². The van der Waals surface area contributed by atoms with E-state index >= 15 is 0 Å². The first-order valence-corrected chi connectivity index (χ1v) is 12.4. The zero-order valence-corrected chi connectivity index (χ0v) is 20.0. The van der Waals surface area contributed by atoms with Crippen LogP contribution in [0.15, 0.2) is 66.5 Å². The van der Waals surface area contributed by atoms with Gasteiger partial charge in [0, 0.05) is 40.1 Å². The molecule has 2 aliphatic rings. The van der Waals surface area contributed by atoms with E-state index in [0.29, 0.717) is 31.4 Å². The quantitative estimate of drug-likeness (QED) is 0.255. The van der Waals surface area contributed by atoms with Gasteiger partial charge in [-0.3, -0.25) is 4.79 Å². The Hall–Kier alpha value is -4.10. The lowest BCUT2D eigenvalue weighted by Gasteiger charge is -2.17. The van der Waals surface area contributed by atoms with Gasteiger partial charge in [0.05, 0.1) is 25.4 Å². The van der Waals surface area contributed by atoms with Crippen molar-refractivity contribution in [2.24, 2.45) is 0 Å². The Morgan fingerprint density at radius 1 is 1.08 bits per heavy atom. The maximum atomic E-state index is 12.8. The first-order chi connectivity index (χ1) is 17.7. The van der Waals surface area contributed by atoms with E-state index in [9.17, 15) is 4.79 Å². The predicted octanol–water partition coefficient (Wildman–Crippen LogP) is 5.34. The molecule has 2 aromatic heterocycles. The van der Waals surface area contributed by atoms with Crippen LogP contribution in [-0.2, 0) is 16.0 Å². The number of nitrogens with zero attached hydrogens (tertiary/aromatic N) is 1. The Balaban J connectivity index is 1.24. The van der Waals surface area contributed by atoms with Crippen molar-refractivity contribution in [3.05, 3.63) is 77.6 Å². The molecule has 36 heavy (non-hydrogen) atoms. The van der Waals surface area contributed by atoms with Crippen molar-refractivity contribution in [1.29, 1.82) is 0 Å². The van der Waals surface area contributed by atoms with Gasteiger partial charge in [0.2, 0.25) is 0 Å². The molecule has 4 N–H and O–H groups in total. The highest BCUT2D eigenvalue weighted by atomic mass is 16.5. The number of hydrogen-bond donors (Lipinski definition) is 3. The molecule has 2 aromatic carbocycles. The van der Waals surface area contributed by atoms with E-state index in [1.807, 2.05) is 30.3 Å². The minimum Gasteiger partial charge on any atom is -0.493 e. The number of ether oxygens (including phenoxy) is 2. The topological polar surface area (TPSA) is 102 Å². The van der Waals surface area contributed by atoms with Crippen molar-refractivity contribution in [3.8, 4) is 16.9 Å². The third-order valence-electron chi connectivity index (χ3n) is 6.97. The normalized spacial score (nSPS) is 15.3. The molecule has 2 aliphatic heterocycles. The van der Waals surface area contributed by atoms with Gasteiger partial charge in [-0.2, -0.15) is 0 Å². The molecule has 1 saturated heterocycles. The van der Waals surface area contributed by atoms with Gasteiger partial charge in [-0.1, -0.05) is 29.8 Å². The molecule has 0 atom stereocenters. The molecule has 7 heteroatoms. The number of hydrogen-bond acceptors (Lipinski definition) is 5. The Bertz CT molecular complexity index is 1480. The molecule has 182 valence electrons. The smallest absolute Gasteiger partial charge is 0.256 e. The first-order valence-electron chi connectivity index (χ1n) is 12.4. The minimum absolute atomic E-state index is 0.0491. The Labute approximate surface area is 209 Å². The number of carbonyl (C=O) groups excluding carboxylic acids is 1. The Morgan fingerprint density at radius 3 is 2.83 bits per heavy atom. The maximum Gasteiger partial charge on any atom is 0.256 e. The average molecular weight is 481 g/mol. The third-order valence-corrected chi connectivity index (χ3v) is 6.97. The number of pyridine rings is 1. The number of aromatic nitrogens is 2. The molecule has 1 fully saturated rings. The molecule has 4 heterocycles. The van der Waals surface area contributed by atoms with E-state index in [-0.39, 0.29) is 5.91 Å². The summed E-state index contributed by atoms with van der Waals surface area (Å²) in [7, 11) is 0. The van der Waals surface area contributed by atoms with Crippen LogP contribution in [0.25, 0.3) is 27.6 Å². The van der Waals surface area contributed by atoms with Crippen molar-refractivity contribution >= 4 is 33.9 Å². The maximum absolute atomic E-state index is 12.8. The van der Waals surface area contributed by atoms with Crippen LogP contribution in [0.5, 0.6) is 5.75 Å². The monoisotopic (exact) mass is 480 g/mol. The second-order valence-corrected chi connectivity index (χ2v) is 9.19. The first kappa shape index (κ1) is 22.4. The predicted molar refractivity (Wildman–Crippen MR) is 142 cm³/mol. The van der Waals surface area contributed by atoms with Crippen LogP contribution in [0.1, 0.15) is 30.4 Å². The standard InChI is InChI=1S/C29H28N4O3/c30-28-27(19-7-8-24-22(16-19)26(29(34)33-24)18-10-14-35-15-11-18)25(9-12-31-28)36-13-3-4-20-17-32-23-6-2-1-5-21(20)23/h1-2,5-9,12,16-17,32H,3-4,10-11,13-15H2,(H2,30,31)(H,33,34). The molecule has 0 radical (unpaired) electrons. The van der Waals surface area contributed by atoms with E-state index in [4.69, 9.17) is 15.2 Å². The van der Waals surface area contributed by atoms with Crippen LogP contribution in [0.3, 0.4) is 0 Å². The van der Waals surface area contributed by atoms with Gasteiger partial charge >= 0.3 is 0 Å². The summed E-state index contributed by atoms with van der Waals surface area (Å²) in [6.07, 6.45) is 7.06. The summed E-state index contributed by atoms with van der Waals surface area (Å²) in [6, 6.07) is 16.1. The van der Waals surface area contributed by atoms with Gasteiger partial charge in [-0.05, 0) is 61.1 Å². The minimum atomic E-state index is -0.0491. The van der Waals surface area contributed by atoms with E-state index in [0.717, 1.165) is 64.7 Å². The number of carbonyl (C=O) groups is 1. The number of rotatable bonds is 6. The highest BCUT2D eigenvalue weighted by Gasteiger charge is 2.29. The lowest BCUT2D eigenvalue weighted by atomic mass is 9.93. The van der Waals surface area contributed by atoms with Crippen molar-refractivity contribution < 1.29 is 14.3 Å². The molecule has 6 rings (SSSR count). The summed E-state index contributed by atoms with van der Waals surface area (Å²) in [5, 5.41) is 4.25. The van der Waals surface area contributed by atoms with Gasteiger partial charge in [0.1, 0.15) is 11.6 Å². The largest absolute Gasteiger partial charge is 0.493 e. The summed E-state index contributed by atoms with van der Waals surface area (Å²) in [5.74, 6) is 1.05. The molecule has 0 aliphatic carbocycles. The van der Waals surface area contributed by atoms with Gasteiger partial charge in [-0.15, -0.1) is 0 Å². The van der Waals surface area contributed by atoms with Gasteiger partial charge in [0.15, 0.2) is 0 Å². The van der Waals surface area contributed by atoms with E-state index in [1.54, 1.807) is 6.20 Å². The number of amides is 1. The van der Waals surface area contributed by atoms with Crippen LogP contribution in [0, 0.1) is 0 Å². The number of nitrogens with two attached hydrogens (primary N) is 1. The summed E-state index contributed by atoms with van der Waals surface area (Å²) in [6.45, 7) is 1.84. The summed E-state index contributed by atoms with van der Waals surface area (Å²) in [4.78, 5) is 20.4. The van der Waals surface area contributed by atoms with Crippen LogP contribution in [0.4, 0.5) is 11.5 Å². The van der Waals surface area contributed by atoms with Gasteiger partial charge < -0.3 is 25.5 Å². The van der Waals surface area contributed by atoms with Crippen molar-refractivity contribution in [3.63, 3.8) is 0 Å². The number of benzene rings is 2. The molecule has 1 amide bonds. The number of anilines is 2. The molecule has 0 saturated carbocycles. The number of fused-ring (bicyclic) bond motifs is 2. The third kappa shape index (κ3) is 4.12. The van der Waals surface area contributed by atoms with Crippen LogP contribution in [0.2, 0.25) is 0 Å². The van der Waals surface area contributed by atoms with Gasteiger partial charge in [0.25, 0.3) is 5.91 Å². The van der Waals surface area contributed by atoms with E-state index in [2.05, 4.69) is 39.7 Å². The fourth-order valence-corrected chi connectivity index (χ4v) is 5.19. The molecular weight excluding hydrogens is 452 g/mol. The molecular formula is C29H28N4O3. The number of nitrogens with one attached hydrogen (secondary N) is 2. The lowest BCUT2D eigenvalue weighted by molar-refractivity contribution is -0.110. The lowest BCUT2D eigenvalue weighted by Crippen LogP contribution is -2.12. The number of nitrogen functional groups attached to an aromatic ring is 1. The highest BCUT2D eigenvalue weighted by Crippen LogP contribution is 2.42. The molecule has 4 aromatic rings. The van der Waals surface area contributed by atoms with Crippen molar-refractivity contribution in [2.45, 2.75) is 25.7 Å². The molecule has 0 spiro atoms. The second kappa shape index (κ2) is 9.51. The van der Waals surface area contributed by atoms with Crippen molar-refractivity contribution in [2.75, 3.05) is 30.9 Å². The Morgan fingerprint density at radius 2 is 1.94 bits per heavy atom. The average Bonchev–Trinajstić information content (AvgIpc) is 3.46. The van der Waals surface area contributed by atoms with Crippen LogP contribution in [-0.4, -0.2) is 35.7 Å². The fourth-order valence-electron chi connectivity index (χ4n) is 5.19. The second-order valence-electron chi connectivity index (χ2n) is 9.19. The van der Waals surface area contributed by atoms with Gasteiger partial charge in [-0.25, -0.2) is 4.98 Å². The molecule has 7 nitrogen and oxygen atoms in total. The SMILES string of the molecule is Nc1nccc(OCCCc2c[nH]c3ccccc23)c1-c1ccc2c(c1)C(=C1CCOCC1)C(=O)N2. The van der Waals surface area contributed by atoms with E-state index in [1.165, 1.54) is 10.9 Å². The van der Waals surface area contributed by atoms with E-state index < -0.39 is 0 Å². The molecule has 0 unspecified atom stereocenters. The number of aromatic amines is 1. The Kier molecular flexibility index (Phi) is 5.91. The highest BCUT2D eigenvalue weighted by molar-refractivity contribution is 6.32. The summed E-state index contributed by atoms with van der Waals surface area (Å²) < 4.78 is 11.7. The zero-order valence-electron chi connectivity index (χ0n) is 20.0. The fraction of sp³-hybridized carbons (Fsp3) is 0.241. The summed E-state index contributed by atoms with van der Waals surface area (Å²) >= 11 is 0. The number of aryl methyl sites for hydroxylation is 1. The number of para-hydroxylation sites is 1. The number of H-pyrrole nitrogens is 1. The van der Waals surface area contributed by atoms with Crippen LogP contribution < -0.4 is 15.8 Å². The summed E-state index contributed by atoms with van der Waals surface area (Å²) in [5.41, 5.74) is 14.0. The molecule has 0 bridgehead atoms.